The van der Waals surface area contributed by atoms with Crippen LogP contribution < -0.4 is 5.32 Å². The molecule has 0 bridgehead atoms. The molecule has 2 rings (SSSR count). The van der Waals surface area contributed by atoms with Crippen molar-refractivity contribution in [2.24, 2.45) is 11.3 Å². The van der Waals surface area contributed by atoms with E-state index in [9.17, 15) is 14.0 Å². The van der Waals surface area contributed by atoms with Crippen LogP contribution in [-0.4, -0.2) is 36.3 Å². The van der Waals surface area contributed by atoms with Crippen LogP contribution in [0, 0.1) is 17.2 Å². The monoisotopic (exact) mass is 334 g/mol. The molecule has 1 heterocycles. The van der Waals surface area contributed by atoms with Gasteiger partial charge in [-0.2, -0.15) is 0 Å². The van der Waals surface area contributed by atoms with E-state index in [0.717, 1.165) is 31.5 Å². The van der Waals surface area contributed by atoms with E-state index in [1.165, 1.54) is 12.1 Å². The van der Waals surface area contributed by atoms with Gasteiger partial charge in [0.2, 0.25) is 11.8 Å². The van der Waals surface area contributed by atoms with Crippen LogP contribution in [0.3, 0.4) is 0 Å². The highest BCUT2D eigenvalue weighted by molar-refractivity contribution is 6.04. The minimum absolute atomic E-state index is 0.103. The van der Waals surface area contributed by atoms with Gasteiger partial charge in [-0.1, -0.05) is 19.1 Å². The zero-order chi connectivity index (χ0) is 17.7. The molecule has 0 saturated carbocycles. The minimum Gasteiger partial charge on any atom is -0.355 e. The number of amides is 2. The van der Waals surface area contributed by atoms with E-state index < -0.39 is 5.41 Å². The maximum atomic E-state index is 12.9. The first kappa shape index (κ1) is 18.4. The first-order chi connectivity index (χ1) is 11.3. The first-order valence-corrected chi connectivity index (χ1v) is 8.63. The molecule has 1 N–H and O–H groups in total. The van der Waals surface area contributed by atoms with Gasteiger partial charge in [0.15, 0.2) is 0 Å². The molecule has 1 saturated heterocycles. The molecule has 1 unspecified atom stereocenters. The third-order valence-electron chi connectivity index (χ3n) is 4.66. The van der Waals surface area contributed by atoms with Gasteiger partial charge in [-0.3, -0.25) is 9.59 Å². The number of hydrogen-bond donors (Lipinski definition) is 1. The Morgan fingerprint density at radius 2 is 1.96 bits per heavy atom. The predicted octanol–water partition coefficient (Wildman–Crippen LogP) is 2.77. The second-order valence-electron chi connectivity index (χ2n) is 7.26. The molecule has 0 radical (unpaired) electrons. The van der Waals surface area contributed by atoms with Crippen molar-refractivity contribution >= 4 is 11.8 Å². The fraction of sp³-hybridized carbons (Fsp3) is 0.579. The number of nitrogens with one attached hydrogen (secondary N) is 1. The van der Waals surface area contributed by atoms with Crippen LogP contribution in [0.5, 0.6) is 0 Å². The van der Waals surface area contributed by atoms with Crippen LogP contribution in [-0.2, 0) is 16.0 Å². The summed E-state index contributed by atoms with van der Waals surface area (Å²) in [5.41, 5.74) is -0.120. The maximum Gasteiger partial charge on any atom is 0.237 e. The van der Waals surface area contributed by atoms with Crippen molar-refractivity contribution in [3.05, 3.63) is 35.6 Å². The molecular weight excluding hydrogens is 307 g/mol. The second kappa shape index (κ2) is 7.77. The van der Waals surface area contributed by atoms with Crippen molar-refractivity contribution in [2.75, 3.05) is 19.6 Å². The lowest BCUT2D eigenvalue weighted by Crippen LogP contribution is -2.52. The standard InChI is InChI=1S/C19H27FN2O2/c1-14-5-4-12-22(13-14)18(24)19(2,3)17(23)21-11-10-15-6-8-16(20)9-7-15/h6-9,14H,4-5,10-13H2,1-3H3,(H,21,23). The minimum atomic E-state index is -1.07. The van der Waals surface area contributed by atoms with Crippen molar-refractivity contribution in [3.63, 3.8) is 0 Å². The van der Waals surface area contributed by atoms with Gasteiger partial charge in [0.1, 0.15) is 11.2 Å². The van der Waals surface area contributed by atoms with Crippen LogP contribution in [0.15, 0.2) is 24.3 Å². The fourth-order valence-corrected chi connectivity index (χ4v) is 3.06. The smallest absolute Gasteiger partial charge is 0.237 e. The third kappa shape index (κ3) is 4.56. The van der Waals surface area contributed by atoms with Crippen molar-refractivity contribution in [1.82, 2.24) is 10.2 Å². The molecule has 0 spiro atoms. The number of rotatable bonds is 5. The fourth-order valence-electron chi connectivity index (χ4n) is 3.06. The third-order valence-corrected chi connectivity index (χ3v) is 4.66. The molecule has 1 fully saturated rings. The number of hydrogen-bond acceptors (Lipinski definition) is 2. The van der Waals surface area contributed by atoms with Crippen LogP contribution in [0.4, 0.5) is 4.39 Å². The van der Waals surface area contributed by atoms with E-state index in [1.54, 1.807) is 26.0 Å². The summed E-state index contributed by atoms with van der Waals surface area (Å²) in [5.74, 6) is -0.147. The summed E-state index contributed by atoms with van der Waals surface area (Å²) in [6.07, 6.45) is 2.74. The highest BCUT2D eigenvalue weighted by Gasteiger charge is 2.39. The Morgan fingerprint density at radius 3 is 2.58 bits per heavy atom. The lowest BCUT2D eigenvalue weighted by atomic mass is 9.88. The molecule has 1 aromatic carbocycles. The predicted molar refractivity (Wildman–Crippen MR) is 91.9 cm³/mol. The lowest BCUT2D eigenvalue weighted by molar-refractivity contribution is -0.149. The van der Waals surface area contributed by atoms with Crippen LogP contribution in [0.25, 0.3) is 0 Å². The van der Waals surface area contributed by atoms with E-state index in [1.807, 2.05) is 4.90 Å². The van der Waals surface area contributed by atoms with Crippen LogP contribution in [0.2, 0.25) is 0 Å². The summed E-state index contributed by atoms with van der Waals surface area (Å²) < 4.78 is 12.9. The average Bonchev–Trinajstić information content (AvgIpc) is 2.55. The number of likely N-dealkylation sites (tertiary alicyclic amines) is 1. The molecule has 4 nitrogen and oxygen atoms in total. The van der Waals surface area contributed by atoms with Crippen LogP contribution in [0.1, 0.15) is 39.2 Å². The number of piperidine rings is 1. The molecule has 0 aliphatic carbocycles. The van der Waals surface area contributed by atoms with E-state index >= 15 is 0 Å². The van der Waals surface area contributed by atoms with Gasteiger partial charge in [0.25, 0.3) is 0 Å². The van der Waals surface area contributed by atoms with Gasteiger partial charge in [0, 0.05) is 19.6 Å². The number of benzene rings is 1. The lowest BCUT2D eigenvalue weighted by Gasteiger charge is -2.36. The van der Waals surface area contributed by atoms with Crippen LogP contribution >= 0.6 is 0 Å². The van der Waals surface area contributed by atoms with Gasteiger partial charge >= 0.3 is 0 Å². The highest BCUT2D eigenvalue weighted by Crippen LogP contribution is 2.24. The molecule has 1 aliphatic rings. The number of halogens is 1. The van der Waals surface area contributed by atoms with Crippen molar-refractivity contribution in [3.8, 4) is 0 Å². The Labute approximate surface area is 143 Å². The van der Waals surface area contributed by atoms with E-state index in [-0.39, 0.29) is 17.6 Å². The zero-order valence-electron chi connectivity index (χ0n) is 14.8. The molecule has 5 heteroatoms. The van der Waals surface area contributed by atoms with Gasteiger partial charge in [0.05, 0.1) is 0 Å². The SMILES string of the molecule is CC1CCCN(C(=O)C(C)(C)C(=O)NCCc2ccc(F)cc2)C1. The highest BCUT2D eigenvalue weighted by atomic mass is 19.1. The topological polar surface area (TPSA) is 49.4 Å². The zero-order valence-corrected chi connectivity index (χ0v) is 14.8. The Kier molecular flexibility index (Phi) is 5.97. The molecular formula is C19H27FN2O2. The van der Waals surface area contributed by atoms with Crippen molar-refractivity contribution in [2.45, 2.75) is 40.0 Å². The normalized spacial score (nSPS) is 18.3. The van der Waals surface area contributed by atoms with Gasteiger partial charge in [-0.05, 0) is 56.7 Å². The molecule has 1 aromatic rings. The van der Waals surface area contributed by atoms with Gasteiger partial charge in [-0.25, -0.2) is 4.39 Å². The Bertz CT molecular complexity index is 584. The number of carbonyl (C=O) groups excluding carboxylic acids is 2. The van der Waals surface area contributed by atoms with Crippen molar-refractivity contribution < 1.29 is 14.0 Å². The van der Waals surface area contributed by atoms with Gasteiger partial charge in [-0.15, -0.1) is 0 Å². The summed E-state index contributed by atoms with van der Waals surface area (Å²) in [5, 5.41) is 2.84. The van der Waals surface area contributed by atoms with Crippen molar-refractivity contribution in [1.29, 1.82) is 0 Å². The molecule has 2 amide bonds. The molecule has 1 aliphatic heterocycles. The molecule has 1 atom stereocenters. The molecule has 24 heavy (non-hydrogen) atoms. The summed E-state index contributed by atoms with van der Waals surface area (Å²) in [4.78, 5) is 27.0. The summed E-state index contributed by atoms with van der Waals surface area (Å²) in [6.45, 7) is 7.39. The number of carbonyl (C=O) groups is 2. The largest absolute Gasteiger partial charge is 0.355 e. The maximum absolute atomic E-state index is 12.9. The summed E-state index contributed by atoms with van der Waals surface area (Å²) in [6, 6.07) is 6.21. The van der Waals surface area contributed by atoms with E-state index in [4.69, 9.17) is 0 Å². The number of nitrogens with zero attached hydrogens (tertiary/aromatic N) is 1. The second-order valence-corrected chi connectivity index (χ2v) is 7.26. The molecule has 132 valence electrons. The Hall–Kier alpha value is -1.91. The van der Waals surface area contributed by atoms with E-state index in [2.05, 4.69) is 12.2 Å². The summed E-state index contributed by atoms with van der Waals surface area (Å²) >= 11 is 0. The Balaban J connectivity index is 1.87. The van der Waals surface area contributed by atoms with E-state index in [0.29, 0.717) is 18.9 Å². The van der Waals surface area contributed by atoms with Gasteiger partial charge < -0.3 is 10.2 Å². The molecule has 0 aromatic heterocycles. The quantitative estimate of drug-likeness (QED) is 0.842. The summed E-state index contributed by atoms with van der Waals surface area (Å²) in [7, 11) is 0. The average molecular weight is 334 g/mol. The first-order valence-electron chi connectivity index (χ1n) is 8.63. The Morgan fingerprint density at radius 1 is 1.29 bits per heavy atom.